The van der Waals surface area contributed by atoms with Gasteiger partial charge in [-0.25, -0.2) is 4.79 Å². The molecule has 1 amide bonds. The molecule has 0 aliphatic heterocycles. The van der Waals surface area contributed by atoms with Crippen molar-refractivity contribution in [3.63, 3.8) is 0 Å². The van der Waals surface area contributed by atoms with E-state index in [1.807, 2.05) is 0 Å². The van der Waals surface area contributed by atoms with Crippen LogP contribution in [0.4, 0.5) is 4.79 Å². The van der Waals surface area contributed by atoms with E-state index >= 15 is 0 Å². The molecule has 8 nitrogen and oxygen atoms in total. The fourth-order valence-corrected chi connectivity index (χ4v) is 6.12. The van der Waals surface area contributed by atoms with Crippen LogP contribution in [0.5, 0.6) is 0 Å². The first-order valence-electron chi connectivity index (χ1n) is 10.7. The molecule has 0 heterocycles. The monoisotopic (exact) mass is 431 g/mol. The first-order chi connectivity index (χ1) is 13.7. The molecule has 2 saturated carbocycles. The molecule has 0 aromatic heterocycles. The third-order valence-corrected chi connectivity index (χ3v) is 7.55. The second-order valence-corrected chi connectivity index (χ2v) is 10.7. The highest BCUT2D eigenvalue weighted by atomic mass is 31.2. The highest BCUT2D eigenvalue weighted by molar-refractivity contribution is 7.59. The van der Waals surface area contributed by atoms with Gasteiger partial charge in [-0.3, -0.25) is 14.2 Å². The van der Waals surface area contributed by atoms with Crippen molar-refractivity contribution in [2.45, 2.75) is 77.4 Å². The molecular weight excluding hydrogens is 397 g/mol. The van der Waals surface area contributed by atoms with Gasteiger partial charge in [0.2, 0.25) is 13.7 Å². The summed E-state index contributed by atoms with van der Waals surface area (Å²) in [7, 11) is -3.55. The lowest BCUT2D eigenvalue weighted by atomic mass is 9.89. The number of alkyl carbamates (subject to hydrolysis) is 1. The molecule has 9 heteroatoms. The van der Waals surface area contributed by atoms with E-state index in [-0.39, 0.29) is 24.0 Å². The maximum atomic E-state index is 12.3. The number of esters is 1. The lowest BCUT2D eigenvalue weighted by Crippen LogP contribution is -2.35. The van der Waals surface area contributed by atoms with Gasteiger partial charge in [0.05, 0.1) is 18.6 Å². The molecule has 2 aliphatic carbocycles. The average Bonchev–Trinajstić information content (AvgIpc) is 2.67. The van der Waals surface area contributed by atoms with Gasteiger partial charge in [-0.05, 0) is 31.6 Å². The van der Waals surface area contributed by atoms with Gasteiger partial charge in [-0.15, -0.1) is 0 Å². The number of ketones is 1. The van der Waals surface area contributed by atoms with Crippen molar-refractivity contribution < 1.29 is 33.3 Å². The molecule has 0 saturated heterocycles. The SMILES string of the molecule is CC(OC(=O)NCC(=O)CP(=O)(O)CC1CCCCC1)OC(=O)C1CCCCC1. The maximum Gasteiger partial charge on any atom is 0.410 e. The summed E-state index contributed by atoms with van der Waals surface area (Å²) in [4.78, 5) is 45.9. The summed E-state index contributed by atoms with van der Waals surface area (Å²) < 4.78 is 22.4. The molecular formula is C20H34NO7P. The summed E-state index contributed by atoms with van der Waals surface area (Å²) in [6.45, 7) is 1.05. The number of nitrogens with one attached hydrogen (secondary N) is 1. The highest BCUT2D eigenvalue weighted by Gasteiger charge is 2.28. The van der Waals surface area contributed by atoms with E-state index in [1.165, 1.54) is 6.92 Å². The van der Waals surface area contributed by atoms with Crippen molar-refractivity contribution in [2.75, 3.05) is 18.9 Å². The molecule has 166 valence electrons. The first kappa shape index (κ1) is 23.9. The number of amides is 1. The van der Waals surface area contributed by atoms with Crippen molar-refractivity contribution in [3.05, 3.63) is 0 Å². The minimum atomic E-state index is -3.55. The number of Topliss-reactive ketones (excluding diaryl/α,β-unsaturated/α-hetero) is 1. The van der Waals surface area contributed by atoms with E-state index in [0.717, 1.165) is 64.2 Å². The van der Waals surface area contributed by atoms with Gasteiger partial charge in [-0.2, -0.15) is 0 Å². The summed E-state index contributed by atoms with van der Waals surface area (Å²) in [6.07, 6.45) is 7.58. The Morgan fingerprint density at radius 2 is 1.59 bits per heavy atom. The molecule has 2 rings (SSSR count). The van der Waals surface area contributed by atoms with Crippen LogP contribution in [0.15, 0.2) is 0 Å². The maximum absolute atomic E-state index is 12.3. The smallest absolute Gasteiger partial charge is 0.410 e. The number of rotatable bonds is 9. The molecule has 2 fully saturated rings. The molecule has 0 radical (unpaired) electrons. The van der Waals surface area contributed by atoms with Gasteiger partial charge in [0.25, 0.3) is 0 Å². The van der Waals surface area contributed by atoms with Crippen molar-refractivity contribution in [2.24, 2.45) is 11.8 Å². The normalized spacial score (nSPS) is 21.6. The largest absolute Gasteiger partial charge is 0.425 e. The van der Waals surface area contributed by atoms with Crippen molar-refractivity contribution in [3.8, 4) is 0 Å². The second kappa shape index (κ2) is 11.7. The topological polar surface area (TPSA) is 119 Å². The molecule has 0 aromatic rings. The average molecular weight is 431 g/mol. The number of ether oxygens (including phenoxy) is 2. The van der Waals surface area contributed by atoms with Crippen LogP contribution in [0.2, 0.25) is 0 Å². The number of hydrogen-bond donors (Lipinski definition) is 2. The fraction of sp³-hybridized carbons (Fsp3) is 0.850. The fourth-order valence-electron chi connectivity index (χ4n) is 4.15. The highest BCUT2D eigenvalue weighted by Crippen LogP contribution is 2.45. The zero-order valence-corrected chi connectivity index (χ0v) is 18.2. The lowest BCUT2D eigenvalue weighted by Gasteiger charge is -2.23. The minimum absolute atomic E-state index is 0.151. The number of carbonyl (C=O) groups is 3. The molecule has 0 bridgehead atoms. The quantitative estimate of drug-likeness (QED) is 0.325. The standard InChI is InChI=1S/C20H34NO7P/c1-15(27-19(23)17-10-6-3-7-11-17)28-20(24)21-12-18(22)14-29(25,26)13-16-8-4-2-5-9-16/h15-17H,2-14H2,1H3,(H,21,24)(H,25,26). The molecule has 2 aliphatic rings. The Hall–Kier alpha value is -1.40. The van der Waals surface area contributed by atoms with Crippen LogP contribution in [0.3, 0.4) is 0 Å². The zero-order valence-electron chi connectivity index (χ0n) is 17.3. The van der Waals surface area contributed by atoms with E-state index in [2.05, 4.69) is 5.32 Å². The molecule has 29 heavy (non-hydrogen) atoms. The van der Waals surface area contributed by atoms with Crippen LogP contribution in [0, 0.1) is 11.8 Å². The zero-order chi connectivity index (χ0) is 21.3. The molecule has 2 N–H and O–H groups in total. The summed E-state index contributed by atoms with van der Waals surface area (Å²) in [5.74, 6) is -0.840. The van der Waals surface area contributed by atoms with Gasteiger partial charge in [0.1, 0.15) is 0 Å². The molecule has 2 unspecified atom stereocenters. The minimum Gasteiger partial charge on any atom is -0.425 e. The summed E-state index contributed by atoms with van der Waals surface area (Å²) >= 11 is 0. The van der Waals surface area contributed by atoms with E-state index in [9.17, 15) is 23.8 Å². The van der Waals surface area contributed by atoms with E-state index < -0.39 is 38.2 Å². The molecule has 0 aromatic carbocycles. The van der Waals surface area contributed by atoms with Crippen LogP contribution in [-0.4, -0.2) is 47.9 Å². The Morgan fingerprint density at radius 3 is 2.21 bits per heavy atom. The van der Waals surface area contributed by atoms with Gasteiger partial charge >= 0.3 is 12.1 Å². The predicted octanol–water partition coefficient (Wildman–Crippen LogP) is 3.60. The van der Waals surface area contributed by atoms with E-state index in [4.69, 9.17) is 9.47 Å². The van der Waals surface area contributed by atoms with Crippen LogP contribution in [-0.2, 0) is 23.6 Å². The Balaban J connectivity index is 1.64. The lowest BCUT2D eigenvalue weighted by molar-refractivity contribution is -0.171. The van der Waals surface area contributed by atoms with Crippen LogP contribution in [0.1, 0.15) is 71.1 Å². The van der Waals surface area contributed by atoms with Gasteiger partial charge in [0, 0.05) is 13.1 Å². The number of hydrogen-bond acceptors (Lipinski definition) is 6. The van der Waals surface area contributed by atoms with Crippen molar-refractivity contribution >= 4 is 25.2 Å². The summed E-state index contributed by atoms with van der Waals surface area (Å²) in [5.41, 5.74) is 0. The predicted molar refractivity (Wildman–Crippen MR) is 108 cm³/mol. The van der Waals surface area contributed by atoms with Crippen molar-refractivity contribution in [1.82, 2.24) is 5.32 Å². The molecule has 2 atom stereocenters. The summed E-state index contributed by atoms with van der Waals surface area (Å²) in [6, 6.07) is 0. The van der Waals surface area contributed by atoms with Crippen molar-refractivity contribution in [1.29, 1.82) is 0 Å². The Morgan fingerprint density at radius 1 is 1.00 bits per heavy atom. The van der Waals surface area contributed by atoms with Crippen LogP contribution < -0.4 is 5.32 Å². The van der Waals surface area contributed by atoms with Crippen LogP contribution in [0.25, 0.3) is 0 Å². The van der Waals surface area contributed by atoms with E-state index in [1.54, 1.807) is 0 Å². The van der Waals surface area contributed by atoms with E-state index in [0.29, 0.717) is 0 Å². The van der Waals surface area contributed by atoms with Crippen LogP contribution >= 0.6 is 7.37 Å². The molecule has 0 spiro atoms. The third-order valence-electron chi connectivity index (χ3n) is 5.62. The Kier molecular flexibility index (Phi) is 9.63. The number of carbonyl (C=O) groups excluding carboxylic acids is 3. The first-order valence-corrected chi connectivity index (χ1v) is 12.8. The van der Waals surface area contributed by atoms with Gasteiger partial charge < -0.3 is 19.7 Å². The van der Waals surface area contributed by atoms with Gasteiger partial charge in [-0.1, -0.05) is 38.5 Å². The Bertz CT molecular complexity index is 612. The second-order valence-electron chi connectivity index (χ2n) is 8.33. The Labute approximate surface area is 172 Å². The van der Waals surface area contributed by atoms with Gasteiger partial charge in [0.15, 0.2) is 5.78 Å². The summed E-state index contributed by atoms with van der Waals surface area (Å²) in [5, 5.41) is 2.26. The third kappa shape index (κ3) is 9.30.